The first kappa shape index (κ1) is 18.1. The molecule has 4 nitrogen and oxygen atoms in total. The fraction of sp³-hybridized carbons (Fsp3) is 0.316. The van der Waals surface area contributed by atoms with E-state index in [1.54, 1.807) is 14.2 Å². The van der Waals surface area contributed by atoms with Crippen LogP contribution in [0.1, 0.15) is 17.5 Å². The molecule has 0 heterocycles. The van der Waals surface area contributed by atoms with Crippen molar-refractivity contribution >= 4 is 17.5 Å². The van der Waals surface area contributed by atoms with Crippen LogP contribution in [0.4, 0.5) is 0 Å². The van der Waals surface area contributed by atoms with E-state index in [1.165, 1.54) is 0 Å². The highest BCUT2D eigenvalue weighted by Gasteiger charge is 2.06. The third kappa shape index (κ3) is 5.78. The summed E-state index contributed by atoms with van der Waals surface area (Å²) >= 11 is 5.95. The smallest absolute Gasteiger partial charge is 0.220 e. The number of hydrogen-bond donors (Lipinski definition) is 1. The lowest BCUT2D eigenvalue weighted by molar-refractivity contribution is -0.121. The number of carbonyl (C=O) groups excluding carboxylic acids is 1. The van der Waals surface area contributed by atoms with Crippen molar-refractivity contribution in [3.05, 3.63) is 58.6 Å². The summed E-state index contributed by atoms with van der Waals surface area (Å²) in [7, 11) is 3.22. The lowest BCUT2D eigenvalue weighted by Crippen LogP contribution is -2.25. The Morgan fingerprint density at radius 1 is 1.00 bits per heavy atom. The number of benzene rings is 2. The van der Waals surface area contributed by atoms with Gasteiger partial charge in [-0.05, 0) is 48.2 Å². The second-order valence-electron chi connectivity index (χ2n) is 5.45. The minimum Gasteiger partial charge on any atom is -0.497 e. The Hall–Kier alpha value is -2.20. The molecule has 0 aliphatic heterocycles. The molecule has 2 aromatic rings. The third-order valence-electron chi connectivity index (χ3n) is 3.68. The number of rotatable bonds is 8. The van der Waals surface area contributed by atoms with Gasteiger partial charge in [-0.15, -0.1) is 0 Å². The van der Waals surface area contributed by atoms with Crippen molar-refractivity contribution in [3.63, 3.8) is 0 Å². The average Bonchev–Trinajstić information content (AvgIpc) is 2.59. The Morgan fingerprint density at radius 3 is 2.33 bits per heavy atom. The van der Waals surface area contributed by atoms with Crippen LogP contribution in [-0.2, 0) is 17.6 Å². The molecule has 0 bridgehead atoms. The fourth-order valence-electron chi connectivity index (χ4n) is 2.40. The largest absolute Gasteiger partial charge is 0.497 e. The van der Waals surface area contributed by atoms with E-state index in [2.05, 4.69) is 5.32 Å². The summed E-state index contributed by atoms with van der Waals surface area (Å²) in [6, 6.07) is 13.3. The lowest BCUT2D eigenvalue weighted by atomic mass is 10.1. The number of ether oxygens (including phenoxy) is 2. The molecule has 0 saturated heterocycles. The highest BCUT2D eigenvalue weighted by molar-refractivity contribution is 6.30. The zero-order valence-corrected chi connectivity index (χ0v) is 14.7. The Kier molecular flexibility index (Phi) is 6.94. The van der Waals surface area contributed by atoms with Crippen molar-refractivity contribution in [3.8, 4) is 11.5 Å². The molecular formula is C19H22ClNO3. The van der Waals surface area contributed by atoms with Gasteiger partial charge in [0.2, 0.25) is 5.91 Å². The Balaban J connectivity index is 1.78. The lowest BCUT2D eigenvalue weighted by Gasteiger charge is -2.09. The van der Waals surface area contributed by atoms with E-state index in [0.29, 0.717) is 24.4 Å². The molecular weight excluding hydrogens is 326 g/mol. The van der Waals surface area contributed by atoms with Gasteiger partial charge in [-0.1, -0.05) is 23.7 Å². The molecule has 0 spiro atoms. The monoisotopic (exact) mass is 347 g/mol. The molecule has 0 saturated carbocycles. The first-order valence-electron chi connectivity index (χ1n) is 7.84. The van der Waals surface area contributed by atoms with E-state index in [-0.39, 0.29) is 5.91 Å². The first-order chi connectivity index (χ1) is 11.6. The van der Waals surface area contributed by atoms with Gasteiger partial charge in [0.15, 0.2) is 0 Å². The number of hydrogen-bond acceptors (Lipinski definition) is 3. The highest BCUT2D eigenvalue weighted by atomic mass is 35.5. The molecule has 0 fully saturated rings. The molecule has 0 aromatic heterocycles. The normalized spacial score (nSPS) is 10.3. The van der Waals surface area contributed by atoms with Gasteiger partial charge in [0.05, 0.1) is 14.2 Å². The maximum absolute atomic E-state index is 12.0. The minimum atomic E-state index is 0.0267. The summed E-state index contributed by atoms with van der Waals surface area (Å²) in [5.74, 6) is 1.48. The SMILES string of the molecule is COc1cc(CCC(=O)NCCc2cccc(Cl)c2)cc(OC)c1. The van der Waals surface area contributed by atoms with Crippen molar-refractivity contribution in [2.24, 2.45) is 0 Å². The van der Waals surface area contributed by atoms with Gasteiger partial charge in [-0.3, -0.25) is 4.79 Å². The van der Waals surface area contributed by atoms with Gasteiger partial charge in [0.25, 0.3) is 0 Å². The number of nitrogens with one attached hydrogen (secondary N) is 1. The van der Waals surface area contributed by atoms with Crippen LogP contribution in [0.5, 0.6) is 11.5 Å². The van der Waals surface area contributed by atoms with Gasteiger partial charge in [0.1, 0.15) is 11.5 Å². The zero-order valence-electron chi connectivity index (χ0n) is 14.0. The van der Waals surface area contributed by atoms with Crippen LogP contribution in [-0.4, -0.2) is 26.7 Å². The average molecular weight is 348 g/mol. The highest BCUT2D eigenvalue weighted by Crippen LogP contribution is 2.23. The number of carbonyl (C=O) groups is 1. The molecule has 5 heteroatoms. The second-order valence-corrected chi connectivity index (χ2v) is 5.89. The topological polar surface area (TPSA) is 47.6 Å². The molecule has 24 heavy (non-hydrogen) atoms. The van der Waals surface area contributed by atoms with E-state index in [1.807, 2.05) is 42.5 Å². The van der Waals surface area contributed by atoms with Crippen LogP contribution < -0.4 is 14.8 Å². The van der Waals surface area contributed by atoms with Crippen LogP contribution in [0.15, 0.2) is 42.5 Å². The minimum absolute atomic E-state index is 0.0267. The predicted octanol–water partition coefficient (Wildman–Crippen LogP) is 3.65. The van der Waals surface area contributed by atoms with Crippen LogP contribution in [0.2, 0.25) is 5.02 Å². The van der Waals surface area contributed by atoms with Gasteiger partial charge < -0.3 is 14.8 Å². The summed E-state index contributed by atoms with van der Waals surface area (Å²) in [5.41, 5.74) is 2.12. The predicted molar refractivity (Wildman–Crippen MR) is 96.0 cm³/mol. The number of halogens is 1. The quantitative estimate of drug-likeness (QED) is 0.793. The summed E-state index contributed by atoms with van der Waals surface area (Å²) in [5, 5.41) is 3.65. The van der Waals surface area contributed by atoms with E-state index < -0.39 is 0 Å². The van der Waals surface area contributed by atoms with E-state index in [4.69, 9.17) is 21.1 Å². The van der Waals surface area contributed by atoms with Crippen LogP contribution >= 0.6 is 11.6 Å². The Morgan fingerprint density at radius 2 is 1.71 bits per heavy atom. The maximum Gasteiger partial charge on any atom is 0.220 e. The number of aryl methyl sites for hydroxylation is 1. The maximum atomic E-state index is 12.0. The molecule has 2 rings (SSSR count). The van der Waals surface area contributed by atoms with Crippen molar-refractivity contribution in [1.29, 1.82) is 0 Å². The summed E-state index contributed by atoms with van der Waals surface area (Å²) < 4.78 is 10.5. The van der Waals surface area contributed by atoms with Gasteiger partial charge in [-0.25, -0.2) is 0 Å². The first-order valence-corrected chi connectivity index (χ1v) is 8.21. The van der Waals surface area contributed by atoms with Crippen LogP contribution in [0.25, 0.3) is 0 Å². The Bertz CT molecular complexity index is 666. The van der Waals surface area contributed by atoms with E-state index >= 15 is 0 Å². The van der Waals surface area contributed by atoms with Crippen LogP contribution in [0, 0.1) is 0 Å². The molecule has 0 aliphatic rings. The third-order valence-corrected chi connectivity index (χ3v) is 3.91. The van der Waals surface area contributed by atoms with Crippen molar-refractivity contribution in [2.75, 3.05) is 20.8 Å². The van der Waals surface area contributed by atoms with Crippen molar-refractivity contribution in [1.82, 2.24) is 5.32 Å². The molecule has 0 atom stereocenters. The molecule has 0 radical (unpaired) electrons. The van der Waals surface area contributed by atoms with Crippen molar-refractivity contribution < 1.29 is 14.3 Å². The molecule has 2 aromatic carbocycles. The Labute approximate surface area is 147 Å². The van der Waals surface area contributed by atoms with Gasteiger partial charge >= 0.3 is 0 Å². The fourth-order valence-corrected chi connectivity index (χ4v) is 2.61. The second kappa shape index (κ2) is 9.18. The standard InChI is InChI=1S/C19H22ClNO3/c1-23-17-11-15(12-18(13-17)24-2)6-7-19(22)21-9-8-14-4-3-5-16(20)10-14/h3-5,10-13H,6-9H2,1-2H3,(H,21,22). The molecule has 1 N–H and O–H groups in total. The van der Waals surface area contributed by atoms with E-state index in [0.717, 1.165) is 29.0 Å². The van der Waals surface area contributed by atoms with Gasteiger partial charge in [0, 0.05) is 24.1 Å². The summed E-state index contributed by atoms with van der Waals surface area (Å²) in [6.45, 7) is 0.598. The van der Waals surface area contributed by atoms with E-state index in [9.17, 15) is 4.79 Å². The molecule has 1 amide bonds. The summed E-state index contributed by atoms with van der Waals surface area (Å²) in [4.78, 5) is 12.0. The van der Waals surface area contributed by atoms with Gasteiger partial charge in [-0.2, -0.15) is 0 Å². The number of amides is 1. The number of methoxy groups -OCH3 is 2. The van der Waals surface area contributed by atoms with Crippen molar-refractivity contribution in [2.45, 2.75) is 19.3 Å². The molecule has 0 aliphatic carbocycles. The molecule has 128 valence electrons. The zero-order chi connectivity index (χ0) is 17.4. The molecule has 0 unspecified atom stereocenters. The van der Waals surface area contributed by atoms with Crippen LogP contribution in [0.3, 0.4) is 0 Å². The summed E-state index contributed by atoms with van der Waals surface area (Å²) in [6.07, 6.45) is 1.82.